The van der Waals surface area contributed by atoms with Gasteiger partial charge < -0.3 is 0 Å². The molecule has 4 heteroatoms. The number of nitrogens with zero attached hydrogens (tertiary/aromatic N) is 3. The van der Waals surface area contributed by atoms with E-state index in [9.17, 15) is 0 Å². The Morgan fingerprint density at radius 3 is 2.06 bits per heavy atom. The second-order valence-corrected chi connectivity index (χ2v) is 13.7. The molecule has 4 heterocycles. The second-order valence-electron chi connectivity index (χ2n) is 12.6. The number of imidazole rings is 1. The van der Waals surface area contributed by atoms with Crippen LogP contribution in [0, 0.1) is 0 Å². The molecule has 0 aliphatic carbocycles. The van der Waals surface area contributed by atoms with Crippen LogP contribution in [0.2, 0.25) is 0 Å². The molecule has 3 nitrogen and oxygen atoms in total. The van der Waals surface area contributed by atoms with Gasteiger partial charge in [-0.25, -0.2) is 4.98 Å². The third-order valence-corrected chi connectivity index (χ3v) is 11.1. The van der Waals surface area contributed by atoms with E-state index in [4.69, 9.17) is 9.97 Å². The van der Waals surface area contributed by atoms with Crippen LogP contribution in [-0.4, -0.2) is 14.4 Å². The van der Waals surface area contributed by atoms with E-state index in [1.165, 1.54) is 63.6 Å². The summed E-state index contributed by atoms with van der Waals surface area (Å²) in [5, 5.41) is 11.0. The van der Waals surface area contributed by atoms with Crippen LogP contribution in [0.3, 0.4) is 0 Å². The third kappa shape index (κ3) is 3.69. The van der Waals surface area contributed by atoms with E-state index >= 15 is 0 Å². The monoisotopic (exact) mass is 627 g/mol. The first kappa shape index (κ1) is 26.0. The van der Waals surface area contributed by atoms with E-state index in [-0.39, 0.29) is 0 Å². The number of aromatic nitrogens is 3. The molecule has 0 amide bonds. The van der Waals surface area contributed by atoms with E-state index in [1.54, 1.807) is 0 Å². The summed E-state index contributed by atoms with van der Waals surface area (Å²) in [6, 6.07) is 52.9. The van der Waals surface area contributed by atoms with Crippen molar-refractivity contribution in [3.63, 3.8) is 0 Å². The summed E-state index contributed by atoms with van der Waals surface area (Å²) in [7, 11) is 0. The van der Waals surface area contributed by atoms with E-state index in [0.717, 1.165) is 38.8 Å². The maximum atomic E-state index is 5.34. The Kier molecular flexibility index (Phi) is 5.26. The van der Waals surface area contributed by atoms with Crippen molar-refractivity contribution in [3.8, 4) is 22.4 Å². The van der Waals surface area contributed by atoms with Crippen LogP contribution in [0.25, 0.3) is 102 Å². The average molecular weight is 628 g/mol. The average Bonchev–Trinajstić information content (AvgIpc) is 3.70. The van der Waals surface area contributed by atoms with Crippen LogP contribution in [0.4, 0.5) is 0 Å². The van der Waals surface area contributed by atoms with Crippen LogP contribution in [-0.2, 0) is 0 Å². The summed E-state index contributed by atoms with van der Waals surface area (Å²) >= 11 is 1.84. The van der Waals surface area contributed by atoms with Gasteiger partial charge >= 0.3 is 0 Å². The molecular formula is C44H25N3S. The van der Waals surface area contributed by atoms with Crippen LogP contribution in [0.15, 0.2) is 152 Å². The molecule has 0 unspecified atom stereocenters. The molecule has 0 spiro atoms. The van der Waals surface area contributed by atoms with Gasteiger partial charge in [0.2, 0.25) is 0 Å². The SMILES string of the molecule is c1ccc2cc3c(cc2c1)nc1c2sc4cc5ccccc5cc4c2cc(-c2ccc(-c4cccc5c4ccc4cccnc45)cc2)n31. The molecule has 4 aromatic heterocycles. The van der Waals surface area contributed by atoms with Crippen LogP contribution < -0.4 is 0 Å². The molecule has 0 atom stereocenters. The highest BCUT2D eigenvalue weighted by Crippen LogP contribution is 2.43. The fraction of sp³-hybridized carbons (Fsp3) is 0. The minimum Gasteiger partial charge on any atom is -0.291 e. The molecule has 7 aromatic carbocycles. The zero-order valence-electron chi connectivity index (χ0n) is 25.7. The highest BCUT2D eigenvalue weighted by molar-refractivity contribution is 7.26. The van der Waals surface area contributed by atoms with Gasteiger partial charge in [-0.2, -0.15) is 0 Å². The second kappa shape index (κ2) is 9.71. The maximum absolute atomic E-state index is 5.34. The number of hydrogen-bond acceptors (Lipinski definition) is 3. The molecule has 0 saturated heterocycles. The van der Waals surface area contributed by atoms with Crippen molar-refractivity contribution < 1.29 is 0 Å². The molecular weight excluding hydrogens is 603 g/mol. The molecule has 0 aliphatic heterocycles. The standard InChI is InChI=1S/C44H25N3S/c1-4-10-32-24-41-36(21-29(32)7-1)37-25-39(47-40-23-31-9-3-2-8-30(31)22-38(40)46-44(47)43(37)48-41)27-16-14-26(15-17-27)33-12-5-13-35-34(33)19-18-28-11-6-20-45-42(28)35/h1-25H. The van der Waals surface area contributed by atoms with Gasteiger partial charge in [-0.05, 0) is 80.0 Å². The van der Waals surface area contributed by atoms with Crippen molar-refractivity contribution in [2.75, 3.05) is 0 Å². The summed E-state index contributed by atoms with van der Waals surface area (Å²) in [6.07, 6.45) is 1.88. The molecule has 0 bridgehead atoms. The predicted molar refractivity (Wildman–Crippen MR) is 204 cm³/mol. The first-order valence-electron chi connectivity index (χ1n) is 16.2. The number of rotatable bonds is 2. The summed E-state index contributed by atoms with van der Waals surface area (Å²) in [4.78, 5) is 10.1. The van der Waals surface area contributed by atoms with Crippen LogP contribution in [0.5, 0.6) is 0 Å². The molecule has 0 N–H and O–H groups in total. The lowest BCUT2D eigenvalue weighted by Crippen LogP contribution is -1.93. The van der Waals surface area contributed by atoms with Gasteiger partial charge in [-0.15, -0.1) is 11.3 Å². The Morgan fingerprint density at radius 2 is 1.23 bits per heavy atom. The van der Waals surface area contributed by atoms with Gasteiger partial charge in [-0.3, -0.25) is 9.38 Å². The number of hydrogen-bond donors (Lipinski definition) is 0. The van der Waals surface area contributed by atoms with E-state index in [0.29, 0.717) is 0 Å². The van der Waals surface area contributed by atoms with E-state index in [1.807, 2.05) is 23.6 Å². The van der Waals surface area contributed by atoms with Gasteiger partial charge in [0.1, 0.15) is 0 Å². The highest BCUT2D eigenvalue weighted by Gasteiger charge is 2.19. The Labute approximate surface area is 279 Å². The van der Waals surface area contributed by atoms with Crippen molar-refractivity contribution in [1.29, 1.82) is 0 Å². The van der Waals surface area contributed by atoms with Crippen molar-refractivity contribution in [2.24, 2.45) is 0 Å². The normalized spacial score (nSPS) is 12.2. The largest absolute Gasteiger partial charge is 0.291 e. The summed E-state index contributed by atoms with van der Waals surface area (Å²) in [5.41, 5.74) is 8.88. The van der Waals surface area contributed by atoms with Crippen molar-refractivity contribution in [1.82, 2.24) is 14.4 Å². The third-order valence-electron chi connectivity index (χ3n) is 9.96. The highest BCUT2D eigenvalue weighted by atomic mass is 32.1. The number of fused-ring (bicyclic) bond motifs is 12. The Balaban J connectivity index is 1.18. The number of thiophene rings is 1. The van der Waals surface area contributed by atoms with Crippen molar-refractivity contribution >= 4 is 91.4 Å². The minimum atomic E-state index is 1.01. The van der Waals surface area contributed by atoms with Gasteiger partial charge in [0, 0.05) is 32.4 Å². The lowest BCUT2D eigenvalue weighted by Gasteiger charge is -2.12. The summed E-state index contributed by atoms with van der Waals surface area (Å²) in [6.45, 7) is 0. The van der Waals surface area contributed by atoms with Gasteiger partial charge in [0.15, 0.2) is 5.65 Å². The van der Waals surface area contributed by atoms with Crippen molar-refractivity contribution in [2.45, 2.75) is 0 Å². The zero-order chi connectivity index (χ0) is 31.3. The topological polar surface area (TPSA) is 30.2 Å². The first-order valence-corrected chi connectivity index (χ1v) is 17.0. The first-order chi connectivity index (χ1) is 23.8. The Morgan fingerprint density at radius 1 is 0.500 bits per heavy atom. The van der Waals surface area contributed by atoms with E-state index in [2.05, 4.69) is 144 Å². The fourth-order valence-corrected chi connectivity index (χ4v) is 8.85. The molecule has 222 valence electrons. The van der Waals surface area contributed by atoms with Crippen LogP contribution >= 0.6 is 11.3 Å². The van der Waals surface area contributed by atoms with Gasteiger partial charge in [0.25, 0.3) is 0 Å². The summed E-state index contributed by atoms with van der Waals surface area (Å²) in [5.74, 6) is 0. The van der Waals surface area contributed by atoms with E-state index < -0.39 is 0 Å². The smallest absolute Gasteiger partial charge is 0.156 e. The summed E-state index contributed by atoms with van der Waals surface area (Å²) < 4.78 is 4.88. The molecule has 0 radical (unpaired) electrons. The minimum absolute atomic E-state index is 1.01. The Bertz CT molecular complexity index is 3110. The quantitative estimate of drug-likeness (QED) is 0.179. The molecule has 0 saturated carbocycles. The van der Waals surface area contributed by atoms with Crippen LogP contribution in [0.1, 0.15) is 0 Å². The van der Waals surface area contributed by atoms with Gasteiger partial charge in [0.05, 0.1) is 26.9 Å². The predicted octanol–water partition coefficient (Wildman–Crippen LogP) is 12.2. The molecule has 11 aromatic rings. The molecule has 11 rings (SSSR count). The van der Waals surface area contributed by atoms with Gasteiger partial charge in [-0.1, -0.05) is 109 Å². The zero-order valence-corrected chi connectivity index (χ0v) is 26.5. The maximum Gasteiger partial charge on any atom is 0.156 e. The van der Waals surface area contributed by atoms with Crippen molar-refractivity contribution in [3.05, 3.63) is 152 Å². The molecule has 48 heavy (non-hydrogen) atoms. The lowest BCUT2D eigenvalue weighted by molar-refractivity contribution is 1.25. The lowest BCUT2D eigenvalue weighted by atomic mass is 9.95. The fourth-order valence-electron chi connectivity index (χ4n) is 7.66. The molecule has 0 fully saturated rings. The number of benzene rings is 7. The number of pyridine rings is 2. The molecule has 0 aliphatic rings. The Hall–Kier alpha value is -6.10.